The molecule has 1 aromatic rings. The first-order chi connectivity index (χ1) is 8.88. The van der Waals surface area contributed by atoms with E-state index >= 15 is 0 Å². The standard InChI is InChI=1S/C13H10F2N2O2/c1-3-4-17-11(18)13(2,16-12(17)19)8-5-9(14)7-10(15)6-8/h1,5-7H,4H2,2H3,(H,16,19). The van der Waals surface area contributed by atoms with Crippen molar-refractivity contribution in [2.24, 2.45) is 0 Å². The van der Waals surface area contributed by atoms with Gasteiger partial charge in [-0.3, -0.25) is 9.69 Å². The summed E-state index contributed by atoms with van der Waals surface area (Å²) in [4.78, 5) is 24.6. The van der Waals surface area contributed by atoms with Gasteiger partial charge in [0, 0.05) is 6.07 Å². The number of hydrogen-bond donors (Lipinski definition) is 1. The average Bonchev–Trinajstić information content (AvgIpc) is 2.53. The third-order valence-corrected chi connectivity index (χ3v) is 2.96. The molecule has 2 rings (SSSR count). The zero-order chi connectivity index (χ0) is 14.2. The molecule has 19 heavy (non-hydrogen) atoms. The maximum absolute atomic E-state index is 13.2. The molecule has 0 radical (unpaired) electrons. The second kappa shape index (κ2) is 4.35. The van der Waals surface area contributed by atoms with Crippen molar-refractivity contribution in [1.82, 2.24) is 10.2 Å². The lowest BCUT2D eigenvalue weighted by atomic mass is 9.92. The molecule has 6 heteroatoms. The highest BCUT2D eigenvalue weighted by Gasteiger charge is 2.49. The minimum absolute atomic E-state index is 0.0304. The normalized spacial score (nSPS) is 22.3. The highest BCUT2D eigenvalue weighted by Crippen LogP contribution is 2.29. The van der Waals surface area contributed by atoms with Gasteiger partial charge in [-0.05, 0) is 24.6 Å². The highest BCUT2D eigenvalue weighted by atomic mass is 19.1. The minimum atomic E-state index is -1.52. The molecule has 0 spiro atoms. The van der Waals surface area contributed by atoms with Crippen LogP contribution in [0, 0.1) is 24.0 Å². The summed E-state index contributed by atoms with van der Waals surface area (Å²) in [6.45, 7) is 1.18. The van der Waals surface area contributed by atoms with Gasteiger partial charge in [-0.2, -0.15) is 0 Å². The summed E-state index contributed by atoms with van der Waals surface area (Å²) >= 11 is 0. The molecule has 1 fully saturated rings. The first-order valence-electron chi connectivity index (χ1n) is 5.42. The van der Waals surface area contributed by atoms with Crippen molar-refractivity contribution in [2.75, 3.05) is 6.54 Å². The van der Waals surface area contributed by atoms with E-state index < -0.39 is 29.1 Å². The molecule has 0 aromatic heterocycles. The molecule has 1 saturated heterocycles. The SMILES string of the molecule is C#CCN1C(=O)NC(C)(c2cc(F)cc(F)c2)C1=O. The van der Waals surface area contributed by atoms with Crippen LogP contribution in [0.2, 0.25) is 0 Å². The predicted octanol–water partition coefficient (Wildman–Crippen LogP) is 1.37. The lowest BCUT2D eigenvalue weighted by Crippen LogP contribution is -2.41. The van der Waals surface area contributed by atoms with E-state index in [-0.39, 0.29) is 12.1 Å². The number of urea groups is 1. The third kappa shape index (κ3) is 2.03. The maximum atomic E-state index is 13.2. The number of rotatable bonds is 2. The Labute approximate surface area is 108 Å². The van der Waals surface area contributed by atoms with Crippen LogP contribution in [0.15, 0.2) is 18.2 Å². The third-order valence-electron chi connectivity index (χ3n) is 2.96. The molecule has 4 nitrogen and oxygen atoms in total. The first kappa shape index (κ1) is 13.0. The van der Waals surface area contributed by atoms with Crippen molar-refractivity contribution < 1.29 is 18.4 Å². The van der Waals surface area contributed by atoms with Crippen molar-refractivity contribution in [1.29, 1.82) is 0 Å². The summed E-state index contributed by atoms with van der Waals surface area (Å²) in [5, 5.41) is 2.39. The topological polar surface area (TPSA) is 49.4 Å². The summed E-state index contributed by atoms with van der Waals surface area (Å²) < 4.78 is 26.4. The summed E-state index contributed by atoms with van der Waals surface area (Å²) in [5.74, 6) is -0.110. The number of amides is 3. The lowest BCUT2D eigenvalue weighted by Gasteiger charge is -2.22. The van der Waals surface area contributed by atoms with Crippen LogP contribution in [0.4, 0.5) is 13.6 Å². The predicted molar refractivity (Wildman–Crippen MR) is 62.8 cm³/mol. The van der Waals surface area contributed by atoms with Gasteiger partial charge in [0.05, 0.1) is 6.54 Å². The number of benzene rings is 1. The molecule has 1 atom stereocenters. The molecule has 1 aromatic carbocycles. The Hall–Kier alpha value is -2.42. The fourth-order valence-electron chi connectivity index (χ4n) is 1.97. The second-order valence-corrected chi connectivity index (χ2v) is 4.31. The molecule has 3 amide bonds. The number of carbonyl (C=O) groups is 2. The fourth-order valence-corrected chi connectivity index (χ4v) is 1.97. The van der Waals surface area contributed by atoms with Gasteiger partial charge in [0.1, 0.15) is 17.2 Å². The zero-order valence-corrected chi connectivity index (χ0v) is 10.0. The summed E-state index contributed by atoms with van der Waals surface area (Å²) in [7, 11) is 0. The Kier molecular flexibility index (Phi) is 2.98. The number of imide groups is 1. The first-order valence-corrected chi connectivity index (χ1v) is 5.42. The Morgan fingerprint density at radius 1 is 1.32 bits per heavy atom. The maximum Gasteiger partial charge on any atom is 0.326 e. The van der Waals surface area contributed by atoms with Crippen LogP contribution in [0.3, 0.4) is 0 Å². The van der Waals surface area contributed by atoms with E-state index in [1.165, 1.54) is 6.92 Å². The summed E-state index contributed by atoms with van der Waals surface area (Å²) in [6.07, 6.45) is 5.06. The van der Waals surface area contributed by atoms with Gasteiger partial charge in [0.15, 0.2) is 0 Å². The van der Waals surface area contributed by atoms with E-state index in [4.69, 9.17) is 6.42 Å². The summed E-state index contributed by atoms with van der Waals surface area (Å²) in [5.41, 5.74) is -1.49. The van der Waals surface area contributed by atoms with E-state index in [1.807, 2.05) is 0 Å². The smallest absolute Gasteiger partial charge is 0.319 e. The van der Waals surface area contributed by atoms with Crippen LogP contribution < -0.4 is 5.32 Å². The van der Waals surface area contributed by atoms with Gasteiger partial charge in [0.25, 0.3) is 5.91 Å². The Bertz CT molecular complexity index is 589. The lowest BCUT2D eigenvalue weighted by molar-refractivity contribution is -0.130. The number of halogens is 2. The molecule has 0 bridgehead atoms. The Morgan fingerprint density at radius 3 is 2.42 bits per heavy atom. The minimum Gasteiger partial charge on any atom is -0.319 e. The number of nitrogens with one attached hydrogen (secondary N) is 1. The van der Waals surface area contributed by atoms with E-state index in [9.17, 15) is 18.4 Å². The van der Waals surface area contributed by atoms with Gasteiger partial charge in [-0.1, -0.05) is 5.92 Å². The van der Waals surface area contributed by atoms with Crippen molar-refractivity contribution in [3.63, 3.8) is 0 Å². The van der Waals surface area contributed by atoms with E-state index in [0.717, 1.165) is 17.0 Å². The second-order valence-electron chi connectivity index (χ2n) is 4.31. The quantitative estimate of drug-likeness (QED) is 0.647. The van der Waals surface area contributed by atoms with Crippen LogP contribution >= 0.6 is 0 Å². The van der Waals surface area contributed by atoms with E-state index in [1.54, 1.807) is 0 Å². The molecule has 1 heterocycles. The highest BCUT2D eigenvalue weighted by molar-refractivity contribution is 6.07. The molecule has 1 unspecified atom stereocenters. The van der Waals surface area contributed by atoms with Crippen molar-refractivity contribution in [2.45, 2.75) is 12.5 Å². The van der Waals surface area contributed by atoms with E-state index in [0.29, 0.717) is 6.07 Å². The Balaban J connectivity index is 2.47. The Morgan fingerprint density at radius 2 is 1.89 bits per heavy atom. The van der Waals surface area contributed by atoms with Gasteiger partial charge in [0.2, 0.25) is 0 Å². The molecule has 0 saturated carbocycles. The molecule has 1 aliphatic rings. The molecule has 98 valence electrons. The molecular weight excluding hydrogens is 254 g/mol. The van der Waals surface area contributed by atoms with Crippen LogP contribution in [0.25, 0.3) is 0 Å². The van der Waals surface area contributed by atoms with Gasteiger partial charge in [-0.15, -0.1) is 6.42 Å². The molecule has 1 aliphatic heterocycles. The van der Waals surface area contributed by atoms with Gasteiger partial charge in [-0.25, -0.2) is 13.6 Å². The largest absolute Gasteiger partial charge is 0.326 e. The van der Waals surface area contributed by atoms with Gasteiger partial charge >= 0.3 is 6.03 Å². The number of terminal acetylenes is 1. The number of carbonyl (C=O) groups excluding carboxylic acids is 2. The van der Waals surface area contributed by atoms with Crippen LogP contribution in [-0.2, 0) is 10.3 Å². The molecule has 1 N–H and O–H groups in total. The van der Waals surface area contributed by atoms with Crippen LogP contribution in [0.5, 0.6) is 0 Å². The summed E-state index contributed by atoms with van der Waals surface area (Å²) in [6, 6.07) is 2.00. The van der Waals surface area contributed by atoms with Crippen molar-refractivity contribution >= 4 is 11.9 Å². The molecular formula is C13H10F2N2O2. The number of nitrogens with zero attached hydrogens (tertiary/aromatic N) is 1. The monoisotopic (exact) mass is 264 g/mol. The number of hydrogen-bond acceptors (Lipinski definition) is 2. The van der Waals surface area contributed by atoms with Crippen molar-refractivity contribution in [3.8, 4) is 12.3 Å². The van der Waals surface area contributed by atoms with Crippen LogP contribution in [0.1, 0.15) is 12.5 Å². The van der Waals surface area contributed by atoms with Crippen molar-refractivity contribution in [3.05, 3.63) is 35.4 Å². The zero-order valence-electron chi connectivity index (χ0n) is 10.0. The van der Waals surface area contributed by atoms with Gasteiger partial charge < -0.3 is 5.32 Å². The van der Waals surface area contributed by atoms with E-state index in [2.05, 4.69) is 11.2 Å². The fraction of sp³-hybridized carbons (Fsp3) is 0.231. The average molecular weight is 264 g/mol. The van der Waals surface area contributed by atoms with Crippen LogP contribution in [-0.4, -0.2) is 23.4 Å². The molecule has 0 aliphatic carbocycles.